The van der Waals surface area contributed by atoms with E-state index in [0.717, 1.165) is 0 Å². The number of hydrogen-bond donors (Lipinski definition) is 0. The molecule has 0 aromatic carbocycles. The van der Waals surface area contributed by atoms with Crippen molar-refractivity contribution in [3.63, 3.8) is 0 Å². The van der Waals surface area contributed by atoms with Crippen LogP contribution in [0, 0.1) is 16.2 Å². The number of hydrogen-bond acceptors (Lipinski definition) is 1. The quantitative estimate of drug-likeness (QED) is 0.673. The molecule has 17 heavy (non-hydrogen) atoms. The summed E-state index contributed by atoms with van der Waals surface area (Å²) in [5, 5.41) is 0. The van der Waals surface area contributed by atoms with Gasteiger partial charge in [0.1, 0.15) is 0 Å². The molecule has 0 aromatic heterocycles. The van der Waals surface area contributed by atoms with Gasteiger partial charge in [0.25, 0.3) is 0 Å². The lowest BCUT2D eigenvalue weighted by Crippen LogP contribution is -2.51. The Hall–Kier alpha value is -0.790. The van der Waals surface area contributed by atoms with E-state index in [9.17, 15) is 4.79 Å². The summed E-state index contributed by atoms with van der Waals surface area (Å²) in [7, 11) is 1.91. The van der Waals surface area contributed by atoms with Crippen molar-refractivity contribution in [3.05, 3.63) is 12.7 Å². The molecule has 0 saturated carbocycles. The lowest BCUT2D eigenvalue weighted by atomic mass is 9.51. The van der Waals surface area contributed by atoms with Gasteiger partial charge >= 0.3 is 0 Å². The van der Waals surface area contributed by atoms with Gasteiger partial charge in [0.15, 0.2) is 0 Å². The molecule has 2 heteroatoms. The van der Waals surface area contributed by atoms with E-state index in [1.54, 1.807) is 0 Å². The fourth-order valence-electron chi connectivity index (χ4n) is 3.17. The predicted molar refractivity (Wildman–Crippen MR) is 72.7 cm³/mol. The fraction of sp³-hybridized carbons (Fsp3) is 0.800. The standard InChI is InChI=1S/C15H27NO/c1-10-12(2,3)15(8)11(17)16(9)14(6,7)13(15,4)5/h10H,1H2,2-9H3. The van der Waals surface area contributed by atoms with E-state index in [-0.39, 0.29) is 22.3 Å². The highest BCUT2D eigenvalue weighted by molar-refractivity contribution is 5.88. The molecule has 1 atom stereocenters. The average molecular weight is 237 g/mol. The van der Waals surface area contributed by atoms with Crippen molar-refractivity contribution in [2.24, 2.45) is 16.2 Å². The van der Waals surface area contributed by atoms with Gasteiger partial charge in [0, 0.05) is 18.0 Å². The molecular formula is C15H27NO. The maximum atomic E-state index is 12.7. The molecular weight excluding hydrogens is 210 g/mol. The van der Waals surface area contributed by atoms with Gasteiger partial charge in [0.05, 0.1) is 5.41 Å². The second kappa shape index (κ2) is 3.37. The van der Waals surface area contributed by atoms with Crippen LogP contribution in [0.2, 0.25) is 0 Å². The zero-order valence-electron chi connectivity index (χ0n) is 12.6. The summed E-state index contributed by atoms with van der Waals surface area (Å²) in [6, 6.07) is 0. The minimum atomic E-state index is -0.431. The summed E-state index contributed by atoms with van der Waals surface area (Å²) in [5.41, 5.74) is -0.932. The summed E-state index contributed by atoms with van der Waals surface area (Å²) < 4.78 is 0. The summed E-state index contributed by atoms with van der Waals surface area (Å²) in [6.07, 6.45) is 1.92. The average Bonchev–Trinajstić information content (AvgIpc) is 2.31. The van der Waals surface area contributed by atoms with Crippen LogP contribution in [0.5, 0.6) is 0 Å². The van der Waals surface area contributed by atoms with Gasteiger partial charge < -0.3 is 4.90 Å². The van der Waals surface area contributed by atoms with Crippen molar-refractivity contribution in [2.75, 3.05) is 7.05 Å². The topological polar surface area (TPSA) is 20.3 Å². The third-order valence-electron chi connectivity index (χ3n) is 6.15. The van der Waals surface area contributed by atoms with Crippen molar-refractivity contribution in [1.82, 2.24) is 4.90 Å². The number of carbonyl (C=O) groups excluding carboxylic acids is 1. The van der Waals surface area contributed by atoms with Crippen molar-refractivity contribution < 1.29 is 4.79 Å². The summed E-state index contributed by atoms with van der Waals surface area (Å²) in [5.74, 6) is 0.220. The molecule has 1 unspecified atom stereocenters. The molecule has 1 aliphatic heterocycles. The van der Waals surface area contributed by atoms with Gasteiger partial charge in [0.2, 0.25) is 5.91 Å². The number of likely N-dealkylation sites (tertiary alicyclic amines) is 1. The third kappa shape index (κ3) is 1.30. The smallest absolute Gasteiger partial charge is 0.230 e. The molecule has 1 amide bonds. The highest BCUT2D eigenvalue weighted by atomic mass is 16.2. The largest absolute Gasteiger partial charge is 0.340 e. The van der Waals surface area contributed by atoms with Crippen LogP contribution in [0.3, 0.4) is 0 Å². The van der Waals surface area contributed by atoms with Crippen molar-refractivity contribution in [1.29, 1.82) is 0 Å². The van der Waals surface area contributed by atoms with Crippen LogP contribution in [0.25, 0.3) is 0 Å². The normalized spacial score (nSPS) is 31.8. The molecule has 0 aliphatic carbocycles. The maximum absolute atomic E-state index is 12.7. The highest BCUT2D eigenvalue weighted by Crippen LogP contribution is 2.63. The molecule has 1 saturated heterocycles. The first-order valence-corrected chi connectivity index (χ1v) is 6.30. The number of rotatable bonds is 2. The van der Waals surface area contributed by atoms with Crippen molar-refractivity contribution in [3.8, 4) is 0 Å². The lowest BCUT2D eigenvalue weighted by molar-refractivity contribution is -0.141. The Morgan fingerprint density at radius 2 is 1.59 bits per heavy atom. The van der Waals surface area contributed by atoms with Gasteiger partial charge in [-0.3, -0.25) is 4.79 Å². The van der Waals surface area contributed by atoms with E-state index in [1.165, 1.54) is 0 Å². The van der Waals surface area contributed by atoms with Crippen molar-refractivity contribution >= 4 is 5.91 Å². The van der Waals surface area contributed by atoms with Gasteiger partial charge in [-0.15, -0.1) is 6.58 Å². The van der Waals surface area contributed by atoms with Crippen molar-refractivity contribution in [2.45, 2.75) is 54.0 Å². The minimum absolute atomic E-state index is 0.122. The van der Waals surface area contributed by atoms with Crippen LogP contribution < -0.4 is 0 Å². The SMILES string of the molecule is C=CC(C)(C)C1(C)C(=O)N(C)C(C)(C)C1(C)C. The zero-order valence-corrected chi connectivity index (χ0v) is 12.6. The number of carbonyl (C=O) groups is 1. The van der Waals surface area contributed by atoms with E-state index in [0.29, 0.717) is 0 Å². The molecule has 0 radical (unpaired) electrons. The third-order valence-corrected chi connectivity index (χ3v) is 6.15. The highest BCUT2D eigenvalue weighted by Gasteiger charge is 2.68. The van der Waals surface area contributed by atoms with Crippen LogP contribution in [-0.2, 0) is 4.79 Å². The van der Waals surface area contributed by atoms with Gasteiger partial charge in [-0.1, -0.05) is 33.8 Å². The Morgan fingerprint density at radius 1 is 1.18 bits per heavy atom. The molecule has 1 aliphatic rings. The molecule has 98 valence electrons. The monoisotopic (exact) mass is 237 g/mol. The van der Waals surface area contributed by atoms with Crippen LogP contribution in [0.4, 0.5) is 0 Å². The molecule has 0 spiro atoms. The Kier molecular flexibility index (Phi) is 2.83. The van der Waals surface area contributed by atoms with Crippen LogP contribution >= 0.6 is 0 Å². The van der Waals surface area contributed by atoms with Crippen LogP contribution in [0.15, 0.2) is 12.7 Å². The molecule has 1 fully saturated rings. The first-order valence-electron chi connectivity index (χ1n) is 6.30. The second-order valence-corrected chi connectivity index (χ2v) is 7.10. The van der Waals surface area contributed by atoms with Gasteiger partial charge in [-0.25, -0.2) is 0 Å². The Bertz CT molecular complexity index is 365. The first-order chi connectivity index (χ1) is 7.38. The van der Waals surface area contributed by atoms with E-state index >= 15 is 0 Å². The maximum Gasteiger partial charge on any atom is 0.230 e. The Morgan fingerprint density at radius 3 is 1.82 bits per heavy atom. The Labute approximate surface area is 106 Å². The number of allylic oxidation sites excluding steroid dienone is 1. The number of amides is 1. The molecule has 0 bridgehead atoms. The lowest BCUT2D eigenvalue weighted by Gasteiger charge is -2.50. The van der Waals surface area contributed by atoms with Crippen LogP contribution in [-0.4, -0.2) is 23.4 Å². The van der Waals surface area contributed by atoms with Gasteiger partial charge in [-0.05, 0) is 26.2 Å². The molecule has 0 N–H and O–H groups in total. The summed E-state index contributed by atoms with van der Waals surface area (Å²) in [6.45, 7) is 18.9. The summed E-state index contributed by atoms with van der Waals surface area (Å²) in [4.78, 5) is 14.6. The molecule has 2 nitrogen and oxygen atoms in total. The van der Waals surface area contributed by atoms with Crippen LogP contribution in [0.1, 0.15) is 48.5 Å². The Balaban J connectivity index is 3.55. The zero-order chi connectivity index (χ0) is 13.9. The second-order valence-electron chi connectivity index (χ2n) is 7.10. The number of nitrogens with zero attached hydrogens (tertiary/aromatic N) is 1. The summed E-state index contributed by atoms with van der Waals surface area (Å²) >= 11 is 0. The molecule has 0 aromatic rings. The minimum Gasteiger partial charge on any atom is -0.340 e. The molecule has 1 heterocycles. The van der Waals surface area contributed by atoms with E-state index < -0.39 is 5.41 Å². The van der Waals surface area contributed by atoms with E-state index in [4.69, 9.17) is 0 Å². The van der Waals surface area contributed by atoms with E-state index in [2.05, 4.69) is 55.0 Å². The molecule has 1 rings (SSSR count). The fourth-order valence-corrected chi connectivity index (χ4v) is 3.17. The first kappa shape index (κ1) is 14.3. The van der Waals surface area contributed by atoms with E-state index in [1.807, 2.05) is 18.0 Å². The predicted octanol–water partition coefficient (Wildman–Crippen LogP) is 3.48. The van der Waals surface area contributed by atoms with Gasteiger partial charge in [-0.2, -0.15) is 0 Å².